The van der Waals surface area contributed by atoms with Gasteiger partial charge in [-0.15, -0.1) is 12.3 Å². The van der Waals surface area contributed by atoms with Crippen LogP contribution in [0.5, 0.6) is 0 Å². The summed E-state index contributed by atoms with van der Waals surface area (Å²) in [4.78, 5) is 49.0. The van der Waals surface area contributed by atoms with Crippen LogP contribution in [-0.4, -0.2) is 46.5 Å². The van der Waals surface area contributed by atoms with Crippen molar-refractivity contribution in [3.05, 3.63) is 70.8 Å². The van der Waals surface area contributed by atoms with Crippen molar-refractivity contribution >= 4 is 23.6 Å². The minimum atomic E-state index is -0.302. The number of rotatable bonds is 2. The summed E-state index contributed by atoms with van der Waals surface area (Å²) in [6.07, 6.45) is 5.07. The van der Waals surface area contributed by atoms with Gasteiger partial charge in [-0.05, 0) is 31.2 Å². The summed E-state index contributed by atoms with van der Waals surface area (Å²) in [5, 5.41) is 0. The Morgan fingerprint density at radius 1 is 0.690 bits per heavy atom. The van der Waals surface area contributed by atoms with Crippen molar-refractivity contribution in [3.63, 3.8) is 0 Å². The monoisotopic (exact) mass is 384 g/mol. The lowest BCUT2D eigenvalue weighted by Gasteiger charge is -2.08. The zero-order chi connectivity index (χ0) is 21.0. The van der Waals surface area contributed by atoms with E-state index in [0.29, 0.717) is 22.3 Å². The van der Waals surface area contributed by atoms with E-state index in [1.807, 2.05) is 0 Å². The second-order valence-electron chi connectivity index (χ2n) is 6.11. The molecular formula is C23H16N2O4. The molecule has 0 unspecified atom stereocenters. The predicted molar refractivity (Wildman–Crippen MR) is 106 cm³/mol. The van der Waals surface area contributed by atoms with E-state index in [-0.39, 0.29) is 36.7 Å². The topological polar surface area (TPSA) is 74.8 Å². The molecule has 0 saturated heterocycles. The van der Waals surface area contributed by atoms with Crippen LogP contribution in [0, 0.1) is 24.2 Å². The average molecular weight is 384 g/mol. The number of fused-ring (bicyclic) bond motifs is 2. The maximum atomic E-state index is 11.8. The largest absolute Gasteiger partial charge is 0.269 e. The second kappa shape index (κ2) is 8.24. The van der Waals surface area contributed by atoms with Crippen LogP contribution in [0.25, 0.3) is 0 Å². The molecule has 2 aromatic carbocycles. The Labute approximate surface area is 168 Å². The molecule has 0 aromatic heterocycles. The van der Waals surface area contributed by atoms with E-state index in [1.165, 1.54) is 4.90 Å². The standard InChI is InChI=1S/C12H9NO2.C11H7NO2/c1-2-3-8-13-11(14)9-6-4-5-7-10(9)12(13)15;1-2-7-12-10(13)8-5-3-4-6-9(8)11(12)14/h4-7H,8H2,1H3;1,3-6H,7H2. The summed E-state index contributed by atoms with van der Waals surface area (Å²) in [5.74, 6) is 6.57. The Kier molecular flexibility index (Phi) is 5.57. The second-order valence-corrected chi connectivity index (χ2v) is 6.11. The molecule has 142 valence electrons. The van der Waals surface area contributed by atoms with Gasteiger partial charge in [-0.3, -0.25) is 29.0 Å². The molecule has 0 bridgehead atoms. The third-order valence-electron chi connectivity index (χ3n) is 4.42. The first-order chi connectivity index (χ1) is 14.0. The van der Waals surface area contributed by atoms with Crippen molar-refractivity contribution in [2.24, 2.45) is 0 Å². The lowest BCUT2D eigenvalue weighted by molar-refractivity contribution is 0.0659. The van der Waals surface area contributed by atoms with Crippen LogP contribution < -0.4 is 0 Å². The minimum Gasteiger partial charge on any atom is -0.269 e. The van der Waals surface area contributed by atoms with Crippen molar-refractivity contribution in [2.45, 2.75) is 6.92 Å². The molecule has 0 saturated carbocycles. The van der Waals surface area contributed by atoms with Gasteiger partial charge < -0.3 is 0 Å². The zero-order valence-corrected chi connectivity index (χ0v) is 15.6. The molecule has 4 rings (SSSR count). The minimum absolute atomic E-state index is 0.0341. The Balaban J connectivity index is 0.000000166. The lowest BCUT2D eigenvalue weighted by Crippen LogP contribution is -2.29. The average Bonchev–Trinajstić information content (AvgIpc) is 3.14. The number of benzene rings is 2. The number of carbonyl (C=O) groups excluding carboxylic acids is 4. The van der Waals surface area contributed by atoms with Gasteiger partial charge in [0.15, 0.2) is 0 Å². The molecule has 2 aliphatic heterocycles. The number of hydrogen-bond acceptors (Lipinski definition) is 4. The molecule has 2 aliphatic rings. The fraction of sp³-hybridized carbons (Fsp3) is 0.130. The van der Waals surface area contributed by atoms with Crippen molar-refractivity contribution in [1.82, 2.24) is 9.80 Å². The van der Waals surface area contributed by atoms with Gasteiger partial charge in [0.2, 0.25) is 0 Å². The fourth-order valence-electron chi connectivity index (χ4n) is 3.01. The quantitative estimate of drug-likeness (QED) is 0.588. The Morgan fingerprint density at radius 3 is 1.34 bits per heavy atom. The zero-order valence-electron chi connectivity index (χ0n) is 15.6. The summed E-state index contributed by atoms with van der Waals surface area (Å²) in [7, 11) is 0. The normalized spacial score (nSPS) is 13.8. The highest BCUT2D eigenvalue weighted by Gasteiger charge is 2.35. The van der Waals surface area contributed by atoms with Gasteiger partial charge in [0.1, 0.15) is 0 Å². The van der Waals surface area contributed by atoms with Gasteiger partial charge in [-0.2, -0.15) is 0 Å². The Bertz CT molecular complexity index is 1060. The van der Waals surface area contributed by atoms with Crippen molar-refractivity contribution in [3.8, 4) is 24.2 Å². The van der Waals surface area contributed by atoms with E-state index in [2.05, 4.69) is 17.8 Å². The van der Waals surface area contributed by atoms with E-state index < -0.39 is 0 Å². The number of hydrogen-bond donors (Lipinski definition) is 0. The number of amides is 4. The van der Waals surface area contributed by atoms with E-state index in [0.717, 1.165) is 4.90 Å². The molecule has 0 fully saturated rings. The number of imide groups is 2. The van der Waals surface area contributed by atoms with Gasteiger partial charge in [0.25, 0.3) is 23.6 Å². The maximum absolute atomic E-state index is 11.8. The Morgan fingerprint density at radius 2 is 1.03 bits per heavy atom. The SMILES string of the molecule is C#CCN1C(=O)c2ccccc2C1=O.CC#CCN1C(=O)c2ccccc2C1=O. The highest BCUT2D eigenvalue weighted by molar-refractivity contribution is 6.22. The summed E-state index contributed by atoms with van der Waals surface area (Å²) >= 11 is 0. The van der Waals surface area contributed by atoms with Gasteiger partial charge in [0.05, 0.1) is 35.3 Å². The predicted octanol–water partition coefficient (Wildman–Crippen LogP) is 2.22. The van der Waals surface area contributed by atoms with Crippen LogP contribution in [0.4, 0.5) is 0 Å². The van der Waals surface area contributed by atoms with Crippen molar-refractivity contribution < 1.29 is 19.2 Å². The van der Waals surface area contributed by atoms with Crippen LogP contribution >= 0.6 is 0 Å². The van der Waals surface area contributed by atoms with E-state index in [1.54, 1.807) is 55.5 Å². The summed E-state index contributed by atoms with van der Waals surface area (Å²) < 4.78 is 0. The third-order valence-corrected chi connectivity index (χ3v) is 4.42. The molecule has 0 aliphatic carbocycles. The van der Waals surface area contributed by atoms with E-state index in [9.17, 15) is 19.2 Å². The maximum Gasteiger partial charge on any atom is 0.262 e. The highest BCUT2D eigenvalue weighted by atomic mass is 16.2. The molecule has 6 heteroatoms. The smallest absolute Gasteiger partial charge is 0.262 e. The summed E-state index contributed by atoms with van der Waals surface area (Å²) in [6, 6.07) is 13.5. The van der Waals surface area contributed by atoms with E-state index >= 15 is 0 Å². The molecule has 2 heterocycles. The van der Waals surface area contributed by atoms with Crippen molar-refractivity contribution in [2.75, 3.05) is 13.1 Å². The first-order valence-corrected chi connectivity index (χ1v) is 8.74. The van der Waals surface area contributed by atoms with Crippen LogP contribution in [0.15, 0.2) is 48.5 Å². The number of terminal acetylenes is 1. The lowest BCUT2D eigenvalue weighted by atomic mass is 10.1. The molecule has 2 aromatic rings. The van der Waals surface area contributed by atoms with Gasteiger partial charge in [-0.1, -0.05) is 36.1 Å². The van der Waals surface area contributed by atoms with E-state index in [4.69, 9.17) is 6.42 Å². The third kappa shape index (κ3) is 3.52. The molecule has 0 atom stereocenters. The molecule has 4 amide bonds. The van der Waals surface area contributed by atoms with Crippen molar-refractivity contribution in [1.29, 1.82) is 0 Å². The van der Waals surface area contributed by atoms with Crippen LogP contribution in [-0.2, 0) is 0 Å². The van der Waals surface area contributed by atoms with Crippen LogP contribution in [0.3, 0.4) is 0 Å². The molecule has 29 heavy (non-hydrogen) atoms. The first-order valence-electron chi connectivity index (χ1n) is 8.74. The van der Waals surface area contributed by atoms with Crippen LogP contribution in [0.2, 0.25) is 0 Å². The fourth-order valence-corrected chi connectivity index (χ4v) is 3.01. The first kappa shape index (κ1) is 19.6. The molecule has 0 spiro atoms. The van der Waals surface area contributed by atoms with Gasteiger partial charge >= 0.3 is 0 Å². The molecule has 0 radical (unpaired) electrons. The Hall–Kier alpha value is -4.16. The summed E-state index contributed by atoms with van der Waals surface area (Å²) in [5.41, 5.74) is 1.82. The summed E-state index contributed by atoms with van der Waals surface area (Å²) in [6.45, 7) is 1.88. The van der Waals surface area contributed by atoms with Gasteiger partial charge in [-0.25, -0.2) is 0 Å². The molecule has 6 nitrogen and oxygen atoms in total. The number of carbonyl (C=O) groups is 4. The molecular weight excluding hydrogens is 368 g/mol. The van der Waals surface area contributed by atoms with Crippen LogP contribution in [0.1, 0.15) is 48.4 Å². The highest BCUT2D eigenvalue weighted by Crippen LogP contribution is 2.22. The molecule has 0 N–H and O–H groups in total. The van der Waals surface area contributed by atoms with Gasteiger partial charge in [0, 0.05) is 0 Å². The number of nitrogens with zero attached hydrogens (tertiary/aromatic N) is 2.